The number of halogens is 1. The summed E-state index contributed by atoms with van der Waals surface area (Å²) in [5.41, 5.74) is 1.47. The molecule has 1 heterocycles. The molecule has 0 fully saturated rings. The molecule has 96 valence electrons. The smallest absolute Gasteiger partial charge is 0.0934 e. The summed E-state index contributed by atoms with van der Waals surface area (Å²) in [4.78, 5) is 1.50. The molecule has 1 aliphatic carbocycles. The van der Waals surface area contributed by atoms with Crippen molar-refractivity contribution in [1.82, 2.24) is 5.32 Å². The quantitative estimate of drug-likeness (QED) is 0.799. The number of aryl methyl sites for hydroxylation is 1. The number of hydrogen-bond donors (Lipinski definition) is 1. The molecule has 0 radical (unpaired) electrons. The summed E-state index contributed by atoms with van der Waals surface area (Å²) < 4.78 is 0.951. The van der Waals surface area contributed by atoms with Crippen molar-refractivity contribution in [1.29, 1.82) is 0 Å². The molecule has 2 atom stereocenters. The minimum absolute atomic E-state index is 0.541. The Labute approximate surface area is 114 Å². The van der Waals surface area contributed by atoms with Gasteiger partial charge in [0.05, 0.1) is 4.34 Å². The maximum atomic E-state index is 6.14. The Morgan fingerprint density at radius 2 is 2.35 bits per heavy atom. The molecule has 0 amide bonds. The summed E-state index contributed by atoms with van der Waals surface area (Å²) >= 11 is 7.91. The van der Waals surface area contributed by atoms with Gasteiger partial charge in [0.2, 0.25) is 0 Å². The largest absolute Gasteiger partial charge is 0.307 e. The highest BCUT2D eigenvalue weighted by molar-refractivity contribution is 7.16. The molecule has 2 unspecified atom stereocenters. The third-order valence-electron chi connectivity index (χ3n) is 3.65. The Morgan fingerprint density at radius 3 is 3.06 bits per heavy atom. The monoisotopic (exact) mass is 271 g/mol. The Hall–Kier alpha value is -0.0500. The third-order valence-corrected chi connectivity index (χ3v) is 4.99. The summed E-state index contributed by atoms with van der Waals surface area (Å²) in [6.07, 6.45) is 7.53. The highest BCUT2D eigenvalue weighted by Crippen LogP contribution is 2.38. The van der Waals surface area contributed by atoms with E-state index >= 15 is 0 Å². The van der Waals surface area contributed by atoms with Gasteiger partial charge in [0.25, 0.3) is 0 Å². The van der Waals surface area contributed by atoms with Crippen LogP contribution in [-0.4, -0.2) is 6.04 Å². The second kappa shape index (κ2) is 6.21. The molecule has 2 rings (SSSR count). The van der Waals surface area contributed by atoms with Crippen LogP contribution in [0.2, 0.25) is 4.34 Å². The van der Waals surface area contributed by atoms with E-state index in [0.29, 0.717) is 12.1 Å². The lowest BCUT2D eigenvalue weighted by Gasteiger charge is -2.28. The Balaban J connectivity index is 2.07. The van der Waals surface area contributed by atoms with Crippen LogP contribution in [0.15, 0.2) is 6.07 Å². The van der Waals surface area contributed by atoms with Crippen molar-refractivity contribution in [3.8, 4) is 0 Å². The predicted molar refractivity (Wildman–Crippen MR) is 77.1 cm³/mol. The van der Waals surface area contributed by atoms with Crippen molar-refractivity contribution < 1.29 is 0 Å². The Morgan fingerprint density at radius 1 is 1.53 bits per heavy atom. The van der Waals surface area contributed by atoms with E-state index in [1.807, 2.05) is 0 Å². The van der Waals surface area contributed by atoms with Gasteiger partial charge >= 0.3 is 0 Å². The first-order valence-corrected chi connectivity index (χ1v) is 7.98. The van der Waals surface area contributed by atoms with E-state index in [9.17, 15) is 0 Å². The van der Waals surface area contributed by atoms with Crippen LogP contribution in [0.4, 0.5) is 0 Å². The highest BCUT2D eigenvalue weighted by atomic mass is 35.5. The van der Waals surface area contributed by atoms with Gasteiger partial charge in [-0.1, -0.05) is 31.9 Å². The van der Waals surface area contributed by atoms with Gasteiger partial charge in [-0.3, -0.25) is 0 Å². The second-order valence-corrected chi connectivity index (χ2v) is 6.70. The molecule has 1 aromatic heterocycles. The van der Waals surface area contributed by atoms with Crippen molar-refractivity contribution in [2.45, 2.75) is 64.5 Å². The number of nitrogens with one attached hydrogen (secondary N) is 1. The van der Waals surface area contributed by atoms with Gasteiger partial charge in [0.1, 0.15) is 0 Å². The van der Waals surface area contributed by atoms with E-state index in [1.54, 1.807) is 11.3 Å². The minimum Gasteiger partial charge on any atom is -0.307 e. The number of rotatable bonds is 5. The van der Waals surface area contributed by atoms with Gasteiger partial charge in [-0.25, -0.2) is 0 Å². The summed E-state index contributed by atoms with van der Waals surface area (Å²) in [6, 6.07) is 3.38. The molecule has 0 aliphatic heterocycles. The van der Waals surface area contributed by atoms with Crippen LogP contribution in [0.3, 0.4) is 0 Å². The lowest BCUT2D eigenvalue weighted by atomic mass is 9.92. The van der Waals surface area contributed by atoms with Gasteiger partial charge < -0.3 is 5.32 Å². The standard InChI is InChI=1S/C14H22ClNS/c1-3-6-10(4-2)16-12-7-5-8-13-11(12)9-14(15)17-13/h9-10,12,16H,3-8H2,1-2H3. The molecule has 3 heteroatoms. The molecule has 1 nitrogen and oxygen atoms in total. The van der Waals surface area contributed by atoms with Gasteiger partial charge in [-0.05, 0) is 43.7 Å². The second-order valence-electron chi connectivity index (χ2n) is 4.93. The van der Waals surface area contributed by atoms with Crippen LogP contribution < -0.4 is 5.32 Å². The van der Waals surface area contributed by atoms with E-state index in [1.165, 1.54) is 49.0 Å². The summed E-state index contributed by atoms with van der Waals surface area (Å²) in [5.74, 6) is 0. The number of thiophene rings is 1. The molecule has 0 saturated heterocycles. The number of hydrogen-bond acceptors (Lipinski definition) is 2. The van der Waals surface area contributed by atoms with Crippen molar-refractivity contribution in [3.63, 3.8) is 0 Å². The maximum Gasteiger partial charge on any atom is 0.0934 e. The average Bonchev–Trinajstić information content (AvgIpc) is 2.70. The fourth-order valence-corrected chi connectivity index (χ4v) is 4.12. The van der Waals surface area contributed by atoms with Crippen LogP contribution in [0.1, 0.15) is 62.4 Å². The fourth-order valence-electron chi connectivity index (χ4n) is 2.73. The van der Waals surface area contributed by atoms with Gasteiger partial charge in [0.15, 0.2) is 0 Å². The zero-order chi connectivity index (χ0) is 12.3. The van der Waals surface area contributed by atoms with Crippen LogP contribution in [0.5, 0.6) is 0 Å². The predicted octanol–water partition coefficient (Wildman–Crippen LogP) is 4.95. The van der Waals surface area contributed by atoms with E-state index in [0.717, 1.165) is 4.34 Å². The number of fused-ring (bicyclic) bond motifs is 1. The van der Waals surface area contributed by atoms with Crippen LogP contribution in [0.25, 0.3) is 0 Å². The molecule has 0 aromatic carbocycles. The maximum absolute atomic E-state index is 6.14. The van der Waals surface area contributed by atoms with Crippen molar-refractivity contribution in [2.24, 2.45) is 0 Å². The Bertz CT molecular complexity index is 361. The molecule has 1 N–H and O–H groups in total. The lowest BCUT2D eigenvalue weighted by molar-refractivity contribution is 0.372. The first-order valence-electron chi connectivity index (χ1n) is 6.78. The molecule has 0 spiro atoms. The van der Waals surface area contributed by atoms with Crippen molar-refractivity contribution in [3.05, 3.63) is 20.8 Å². The molecular formula is C14H22ClNS. The molecule has 1 aromatic rings. The van der Waals surface area contributed by atoms with Gasteiger partial charge in [0, 0.05) is 17.0 Å². The fraction of sp³-hybridized carbons (Fsp3) is 0.714. The lowest BCUT2D eigenvalue weighted by Crippen LogP contribution is -2.33. The van der Waals surface area contributed by atoms with Crippen molar-refractivity contribution in [2.75, 3.05) is 0 Å². The highest BCUT2D eigenvalue weighted by Gasteiger charge is 2.24. The SMILES string of the molecule is CCCC(CC)NC1CCCc2sc(Cl)cc21. The van der Waals surface area contributed by atoms with Gasteiger partial charge in [-0.15, -0.1) is 11.3 Å². The molecule has 0 saturated carbocycles. The zero-order valence-electron chi connectivity index (χ0n) is 10.8. The first-order chi connectivity index (χ1) is 8.24. The molecule has 0 bridgehead atoms. The minimum atomic E-state index is 0.541. The summed E-state index contributed by atoms with van der Waals surface area (Å²) in [5, 5.41) is 3.82. The van der Waals surface area contributed by atoms with E-state index in [-0.39, 0.29) is 0 Å². The summed E-state index contributed by atoms with van der Waals surface area (Å²) in [6.45, 7) is 4.54. The molecule has 17 heavy (non-hydrogen) atoms. The topological polar surface area (TPSA) is 12.0 Å². The van der Waals surface area contributed by atoms with Crippen LogP contribution in [-0.2, 0) is 6.42 Å². The van der Waals surface area contributed by atoms with E-state index in [2.05, 4.69) is 25.2 Å². The zero-order valence-corrected chi connectivity index (χ0v) is 12.3. The van der Waals surface area contributed by atoms with Crippen molar-refractivity contribution >= 4 is 22.9 Å². The van der Waals surface area contributed by atoms with Crippen LogP contribution >= 0.6 is 22.9 Å². The van der Waals surface area contributed by atoms with Gasteiger partial charge in [-0.2, -0.15) is 0 Å². The third kappa shape index (κ3) is 3.24. The van der Waals surface area contributed by atoms with Crippen LogP contribution in [0, 0.1) is 0 Å². The van der Waals surface area contributed by atoms with E-state index in [4.69, 9.17) is 11.6 Å². The first kappa shape index (κ1) is 13.4. The normalized spacial score (nSPS) is 21.2. The molecule has 1 aliphatic rings. The summed E-state index contributed by atoms with van der Waals surface area (Å²) in [7, 11) is 0. The van der Waals surface area contributed by atoms with E-state index < -0.39 is 0 Å². The molecular weight excluding hydrogens is 250 g/mol. The average molecular weight is 272 g/mol. The Kier molecular flexibility index (Phi) is 4.89.